The van der Waals surface area contributed by atoms with Gasteiger partial charge < -0.3 is 10.2 Å². The van der Waals surface area contributed by atoms with Gasteiger partial charge >= 0.3 is 0 Å². The fourth-order valence-corrected chi connectivity index (χ4v) is 3.45. The molecule has 162 valence electrons. The lowest BCUT2D eigenvalue weighted by Crippen LogP contribution is -2.26. The van der Waals surface area contributed by atoms with Crippen LogP contribution in [0.3, 0.4) is 0 Å². The van der Waals surface area contributed by atoms with Crippen LogP contribution in [-0.4, -0.2) is 40.1 Å². The molecule has 2 amide bonds. The van der Waals surface area contributed by atoms with Gasteiger partial charge in [-0.3, -0.25) is 9.59 Å². The molecule has 3 rings (SSSR count). The van der Waals surface area contributed by atoms with Crippen LogP contribution >= 0.6 is 0 Å². The Morgan fingerprint density at radius 2 is 1.65 bits per heavy atom. The maximum absolute atomic E-state index is 12.6. The van der Waals surface area contributed by atoms with Crippen LogP contribution in [0.15, 0.2) is 66.9 Å². The largest absolute Gasteiger partial charge is 0.356 e. The molecular formula is C25H30N4O2. The Kier molecular flexibility index (Phi) is 7.98. The molecule has 1 N–H and O–H groups in total. The monoisotopic (exact) mass is 418 g/mol. The molecule has 0 spiro atoms. The van der Waals surface area contributed by atoms with E-state index in [1.165, 1.54) is 6.92 Å². The smallest absolute Gasteiger partial charge is 0.222 e. The Hall–Kier alpha value is -3.41. The van der Waals surface area contributed by atoms with Crippen molar-refractivity contribution in [3.05, 3.63) is 72.4 Å². The highest BCUT2D eigenvalue weighted by Crippen LogP contribution is 2.25. The summed E-state index contributed by atoms with van der Waals surface area (Å²) in [5.74, 6) is 0.104. The van der Waals surface area contributed by atoms with E-state index in [0.717, 1.165) is 41.8 Å². The molecular weight excluding hydrogens is 388 g/mol. The van der Waals surface area contributed by atoms with Crippen molar-refractivity contribution in [3.63, 3.8) is 0 Å². The van der Waals surface area contributed by atoms with Crippen molar-refractivity contribution in [2.45, 2.75) is 39.2 Å². The van der Waals surface area contributed by atoms with Crippen LogP contribution in [0, 0.1) is 0 Å². The molecule has 6 nitrogen and oxygen atoms in total. The second kappa shape index (κ2) is 11.1. The van der Waals surface area contributed by atoms with E-state index in [-0.39, 0.29) is 11.8 Å². The number of hydrogen-bond donors (Lipinski definition) is 1. The summed E-state index contributed by atoms with van der Waals surface area (Å²) < 4.78 is 1.87. The molecule has 0 fully saturated rings. The molecule has 6 heteroatoms. The molecule has 0 saturated carbocycles. The zero-order valence-electron chi connectivity index (χ0n) is 18.3. The van der Waals surface area contributed by atoms with Gasteiger partial charge in [-0.15, -0.1) is 0 Å². The minimum absolute atomic E-state index is 0.0129. The quantitative estimate of drug-likeness (QED) is 0.502. The van der Waals surface area contributed by atoms with E-state index in [1.807, 2.05) is 78.6 Å². The third-order valence-electron chi connectivity index (χ3n) is 5.13. The van der Waals surface area contributed by atoms with E-state index in [4.69, 9.17) is 5.10 Å². The summed E-state index contributed by atoms with van der Waals surface area (Å²) in [5.41, 5.74) is 3.92. The summed E-state index contributed by atoms with van der Waals surface area (Å²) in [7, 11) is 1.84. The van der Waals surface area contributed by atoms with Gasteiger partial charge in [-0.25, -0.2) is 4.68 Å². The summed E-state index contributed by atoms with van der Waals surface area (Å²) in [4.78, 5) is 25.3. The number of rotatable bonds is 10. The number of carbonyl (C=O) groups is 2. The average Bonchev–Trinajstić information content (AvgIpc) is 3.20. The predicted molar refractivity (Wildman–Crippen MR) is 123 cm³/mol. The Morgan fingerprint density at radius 1 is 0.968 bits per heavy atom. The van der Waals surface area contributed by atoms with Crippen molar-refractivity contribution in [1.82, 2.24) is 20.0 Å². The van der Waals surface area contributed by atoms with Crippen LogP contribution in [0.25, 0.3) is 16.9 Å². The van der Waals surface area contributed by atoms with Crippen molar-refractivity contribution >= 4 is 11.8 Å². The van der Waals surface area contributed by atoms with Crippen LogP contribution in [0.4, 0.5) is 0 Å². The number of amides is 2. The van der Waals surface area contributed by atoms with Crippen molar-refractivity contribution in [1.29, 1.82) is 0 Å². The average molecular weight is 419 g/mol. The highest BCUT2D eigenvalue weighted by molar-refractivity contribution is 5.76. The number of unbranched alkanes of at least 4 members (excludes halogenated alkanes) is 2. The zero-order chi connectivity index (χ0) is 22.1. The number of nitrogens with one attached hydrogen (secondary N) is 1. The van der Waals surface area contributed by atoms with Gasteiger partial charge in [0.25, 0.3) is 0 Å². The molecule has 3 aromatic rings. The fourth-order valence-electron chi connectivity index (χ4n) is 3.45. The van der Waals surface area contributed by atoms with E-state index >= 15 is 0 Å². The van der Waals surface area contributed by atoms with Gasteiger partial charge in [0, 0.05) is 50.8 Å². The summed E-state index contributed by atoms with van der Waals surface area (Å²) in [6.45, 7) is 2.68. The molecule has 0 aliphatic rings. The zero-order valence-corrected chi connectivity index (χ0v) is 18.3. The number of hydrogen-bond acceptors (Lipinski definition) is 3. The Balaban J connectivity index is 1.66. The number of carbonyl (C=O) groups excluding carboxylic acids is 2. The van der Waals surface area contributed by atoms with Crippen LogP contribution in [0.2, 0.25) is 0 Å². The fraction of sp³-hybridized carbons (Fsp3) is 0.320. The summed E-state index contributed by atoms with van der Waals surface area (Å²) in [6, 6.07) is 20.0. The van der Waals surface area contributed by atoms with E-state index in [1.54, 1.807) is 4.90 Å². The maximum Gasteiger partial charge on any atom is 0.222 e. The summed E-state index contributed by atoms with van der Waals surface area (Å²) in [5, 5.41) is 7.60. The van der Waals surface area contributed by atoms with Gasteiger partial charge in [-0.2, -0.15) is 5.10 Å². The van der Waals surface area contributed by atoms with E-state index in [9.17, 15) is 9.59 Å². The van der Waals surface area contributed by atoms with Crippen molar-refractivity contribution in [3.8, 4) is 16.9 Å². The van der Waals surface area contributed by atoms with Crippen molar-refractivity contribution < 1.29 is 9.59 Å². The topological polar surface area (TPSA) is 67.2 Å². The minimum Gasteiger partial charge on any atom is -0.356 e. The molecule has 0 radical (unpaired) electrons. The molecule has 0 aliphatic heterocycles. The van der Waals surface area contributed by atoms with Crippen molar-refractivity contribution in [2.75, 3.05) is 13.6 Å². The Labute approximate surface area is 183 Å². The lowest BCUT2D eigenvalue weighted by atomic mass is 10.1. The molecule has 0 saturated heterocycles. The second-order valence-electron chi connectivity index (χ2n) is 7.69. The van der Waals surface area contributed by atoms with Gasteiger partial charge in [0.15, 0.2) is 0 Å². The highest BCUT2D eigenvalue weighted by atomic mass is 16.2. The maximum atomic E-state index is 12.6. The first-order valence-corrected chi connectivity index (χ1v) is 10.7. The van der Waals surface area contributed by atoms with Gasteiger partial charge in [-0.1, -0.05) is 55.0 Å². The van der Waals surface area contributed by atoms with Gasteiger partial charge in [0.1, 0.15) is 0 Å². The number of nitrogens with zero attached hydrogens (tertiary/aromatic N) is 3. The Morgan fingerprint density at radius 3 is 2.32 bits per heavy atom. The number of para-hydroxylation sites is 1. The van der Waals surface area contributed by atoms with Crippen LogP contribution in [0.5, 0.6) is 0 Å². The molecule has 2 aromatic carbocycles. The molecule has 0 bridgehead atoms. The predicted octanol–water partition coefficient (Wildman–Crippen LogP) is 4.19. The standard InChI is InChI=1S/C25H30N4O2/c1-20(30)26-17-11-5-10-16-24(31)28(2)18-22-19-29(23-14-8-4-9-15-23)27-25(22)21-12-6-3-7-13-21/h3-4,6-9,12-15,19H,5,10-11,16-18H2,1-2H3,(H,26,30). The first-order chi connectivity index (χ1) is 15.0. The number of benzene rings is 2. The van der Waals surface area contributed by atoms with Crippen molar-refractivity contribution in [2.24, 2.45) is 0 Å². The van der Waals surface area contributed by atoms with Gasteiger partial charge in [0.05, 0.1) is 11.4 Å². The van der Waals surface area contributed by atoms with Crippen LogP contribution in [-0.2, 0) is 16.1 Å². The lowest BCUT2D eigenvalue weighted by Gasteiger charge is -2.17. The normalized spacial score (nSPS) is 10.6. The SMILES string of the molecule is CC(=O)NCCCCCC(=O)N(C)Cc1cn(-c2ccccc2)nc1-c1ccccc1. The molecule has 1 aromatic heterocycles. The van der Waals surface area contributed by atoms with Gasteiger partial charge in [-0.05, 0) is 25.0 Å². The van der Waals surface area contributed by atoms with Gasteiger partial charge in [0.2, 0.25) is 11.8 Å². The lowest BCUT2D eigenvalue weighted by molar-refractivity contribution is -0.130. The summed E-state index contributed by atoms with van der Waals surface area (Å²) in [6.07, 6.45) is 5.14. The van der Waals surface area contributed by atoms with E-state index in [2.05, 4.69) is 5.32 Å². The third kappa shape index (κ3) is 6.54. The molecule has 31 heavy (non-hydrogen) atoms. The number of aromatic nitrogens is 2. The van der Waals surface area contributed by atoms with Crippen LogP contribution < -0.4 is 5.32 Å². The first-order valence-electron chi connectivity index (χ1n) is 10.7. The van der Waals surface area contributed by atoms with E-state index < -0.39 is 0 Å². The summed E-state index contributed by atoms with van der Waals surface area (Å²) >= 11 is 0. The molecule has 0 unspecified atom stereocenters. The molecule has 0 atom stereocenters. The molecule has 0 aliphatic carbocycles. The minimum atomic E-state index is -0.0129. The Bertz CT molecular complexity index is 983. The highest BCUT2D eigenvalue weighted by Gasteiger charge is 2.16. The first kappa shape index (κ1) is 22.3. The molecule has 1 heterocycles. The van der Waals surface area contributed by atoms with Crippen LogP contribution in [0.1, 0.15) is 38.2 Å². The third-order valence-corrected chi connectivity index (χ3v) is 5.13. The second-order valence-corrected chi connectivity index (χ2v) is 7.69. The van der Waals surface area contributed by atoms with E-state index in [0.29, 0.717) is 19.5 Å².